The Kier molecular flexibility index (Phi) is 9.95. The third-order valence-electron chi connectivity index (χ3n) is 4.11. The molecule has 3 N–H and O–H groups in total. The highest BCUT2D eigenvalue weighted by Crippen LogP contribution is 2.33. The van der Waals surface area contributed by atoms with Gasteiger partial charge in [-0.3, -0.25) is 9.59 Å². The fourth-order valence-electron chi connectivity index (χ4n) is 2.72. The van der Waals surface area contributed by atoms with E-state index in [1.807, 2.05) is 0 Å². The third-order valence-corrected chi connectivity index (χ3v) is 5.33. The van der Waals surface area contributed by atoms with Gasteiger partial charge in [0, 0.05) is 6.42 Å². The van der Waals surface area contributed by atoms with E-state index in [0.717, 1.165) is 30.6 Å². The monoisotopic (exact) mass is 382 g/mol. The Bertz CT molecular complexity index is 625. The van der Waals surface area contributed by atoms with Crippen LogP contribution in [0.3, 0.4) is 0 Å². The Morgan fingerprint density at radius 2 is 1.65 bits per heavy atom. The van der Waals surface area contributed by atoms with Crippen LogP contribution in [0, 0.1) is 6.92 Å². The summed E-state index contributed by atoms with van der Waals surface area (Å²) < 4.78 is 5.03. The van der Waals surface area contributed by atoms with E-state index in [2.05, 4.69) is 12.2 Å². The molecule has 1 heterocycles. The number of nitrogens with two attached hydrogens (primary N) is 1. The number of hydrogen-bond acceptors (Lipinski definition) is 5. The van der Waals surface area contributed by atoms with Crippen LogP contribution in [0.25, 0.3) is 0 Å². The SMILES string of the molecule is CCCCCCCCCC(=O)Nc1sc(C(N)=O)c(C)c1C(=O)OCC. The summed E-state index contributed by atoms with van der Waals surface area (Å²) in [5, 5.41) is 3.08. The van der Waals surface area contributed by atoms with Crippen molar-refractivity contribution in [2.45, 2.75) is 72.1 Å². The molecular formula is C19H30N2O4S. The summed E-state index contributed by atoms with van der Waals surface area (Å²) in [6.07, 6.45) is 8.27. The van der Waals surface area contributed by atoms with Crippen molar-refractivity contribution >= 4 is 34.1 Å². The maximum absolute atomic E-state index is 12.2. The first-order chi connectivity index (χ1) is 12.4. The Morgan fingerprint density at radius 3 is 2.23 bits per heavy atom. The van der Waals surface area contributed by atoms with Crippen LogP contribution < -0.4 is 11.1 Å². The molecule has 0 unspecified atom stereocenters. The standard InChI is InChI=1S/C19H30N2O4S/c1-4-6-7-8-9-10-11-12-14(22)21-18-15(19(24)25-5-2)13(3)16(26-18)17(20)23/h4-12H2,1-3H3,(H2,20,23)(H,21,22). The van der Waals surface area contributed by atoms with Crippen molar-refractivity contribution in [3.05, 3.63) is 16.0 Å². The van der Waals surface area contributed by atoms with Gasteiger partial charge < -0.3 is 15.8 Å². The molecule has 0 saturated carbocycles. The predicted molar refractivity (Wildman–Crippen MR) is 105 cm³/mol. The summed E-state index contributed by atoms with van der Waals surface area (Å²) in [5.74, 6) is -1.34. The molecular weight excluding hydrogens is 352 g/mol. The molecule has 7 heteroatoms. The maximum Gasteiger partial charge on any atom is 0.341 e. The second-order valence-electron chi connectivity index (χ2n) is 6.26. The number of anilines is 1. The maximum atomic E-state index is 12.2. The van der Waals surface area contributed by atoms with Crippen LogP contribution in [0.1, 0.15) is 90.8 Å². The zero-order valence-corrected chi connectivity index (χ0v) is 16.8. The van der Waals surface area contributed by atoms with Crippen LogP contribution in [-0.4, -0.2) is 24.4 Å². The van der Waals surface area contributed by atoms with Crippen molar-refractivity contribution < 1.29 is 19.1 Å². The van der Waals surface area contributed by atoms with E-state index in [1.54, 1.807) is 13.8 Å². The Labute approximate surface area is 159 Å². The molecule has 0 bridgehead atoms. The number of amides is 2. The number of rotatable bonds is 12. The summed E-state index contributed by atoms with van der Waals surface area (Å²) >= 11 is 1.02. The van der Waals surface area contributed by atoms with Crippen LogP contribution in [0.5, 0.6) is 0 Å². The second-order valence-corrected chi connectivity index (χ2v) is 7.29. The molecule has 1 aromatic rings. The number of ether oxygens (including phenoxy) is 1. The van der Waals surface area contributed by atoms with E-state index in [1.165, 1.54) is 25.7 Å². The number of unbranched alkanes of at least 4 members (excludes halogenated alkanes) is 6. The molecule has 0 spiro atoms. The third kappa shape index (κ3) is 6.78. The minimum atomic E-state index is -0.620. The van der Waals surface area contributed by atoms with Crippen molar-refractivity contribution in [2.75, 3.05) is 11.9 Å². The Morgan fingerprint density at radius 1 is 1.04 bits per heavy atom. The van der Waals surface area contributed by atoms with Gasteiger partial charge in [0.2, 0.25) is 5.91 Å². The molecule has 0 aromatic carbocycles. The van der Waals surface area contributed by atoms with E-state index in [-0.39, 0.29) is 23.0 Å². The van der Waals surface area contributed by atoms with Gasteiger partial charge in [-0.15, -0.1) is 11.3 Å². The van der Waals surface area contributed by atoms with Gasteiger partial charge in [0.05, 0.1) is 17.0 Å². The van der Waals surface area contributed by atoms with Crippen LogP contribution in [-0.2, 0) is 9.53 Å². The first kappa shape index (κ1) is 22.2. The highest BCUT2D eigenvalue weighted by molar-refractivity contribution is 7.18. The van der Waals surface area contributed by atoms with Crippen LogP contribution >= 0.6 is 11.3 Å². The molecule has 0 aliphatic rings. The smallest absolute Gasteiger partial charge is 0.341 e. The number of esters is 1. The molecule has 0 aliphatic heterocycles. The number of primary amides is 1. The van der Waals surface area contributed by atoms with Gasteiger partial charge in [0.1, 0.15) is 5.00 Å². The van der Waals surface area contributed by atoms with Crippen LogP contribution in [0.4, 0.5) is 5.00 Å². The number of nitrogens with one attached hydrogen (secondary N) is 1. The molecule has 0 atom stereocenters. The largest absolute Gasteiger partial charge is 0.462 e. The van der Waals surface area contributed by atoms with Crippen molar-refractivity contribution in [1.82, 2.24) is 0 Å². The fourth-order valence-corrected chi connectivity index (χ4v) is 3.78. The van der Waals surface area contributed by atoms with Gasteiger partial charge in [-0.05, 0) is 25.8 Å². The fraction of sp³-hybridized carbons (Fsp3) is 0.632. The molecule has 26 heavy (non-hydrogen) atoms. The topological polar surface area (TPSA) is 98.5 Å². The second kappa shape index (κ2) is 11.7. The van der Waals surface area contributed by atoms with E-state index in [9.17, 15) is 14.4 Å². The van der Waals surface area contributed by atoms with Gasteiger partial charge in [-0.1, -0.05) is 45.4 Å². The van der Waals surface area contributed by atoms with Crippen molar-refractivity contribution in [3.8, 4) is 0 Å². The van der Waals surface area contributed by atoms with Crippen molar-refractivity contribution in [2.24, 2.45) is 5.73 Å². The average molecular weight is 383 g/mol. The highest BCUT2D eigenvalue weighted by atomic mass is 32.1. The molecule has 0 aliphatic carbocycles. The highest BCUT2D eigenvalue weighted by Gasteiger charge is 2.25. The zero-order chi connectivity index (χ0) is 19.5. The summed E-state index contributed by atoms with van der Waals surface area (Å²) in [5.41, 5.74) is 6.03. The summed E-state index contributed by atoms with van der Waals surface area (Å²) in [4.78, 5) is 36.2. The molecule has 0 radical (unpaired) electrons. The Balaban J connectivity index is 2.64. The van der Waals surface area contributed by atoms with Crippen molar-refractivity contribution in [1.29, 1.82) is 0 Å². The summed E-state index contributed by atoms with van der Waals surface area (Å²) in [7, 11) is 0. The lowest BCUT2D eigenvalue weighted by molar-refractivity contribution is -0.116. The molecule has 2 amide bonds. The predicted octanol–water partition coefficient (Wildman–Crippen LogP) is 4.41. The average Bonchev–Trinajstić information content (AvgIpc) is 2.90. The zero-order valence-electron chi connectivity index (χ0n) is 16.0. The number of thiophene rings is 1. The molecule has 1 rings (SSSR count). The molecule has 146 valence electrons. The first-order valence-corrected chi connectivity index (χ1v) is 10.1. The Hall–Kier alpha value is -1.89. The van der Waals surface area contributed by atoms with Gasteiger partial charge >= 0.3 is 5.97 Å². The molecule has 0 fully saturated rings. The summed E-state index contributed by atoms with van der Waals surface area (Å²) in [6, 6.07) is 0. The lowest BCUT2D eigenvalue weighted by atomic mass is 10.1. The first-order valence-electron chi connectivity index (χ1n) is 9.32. The molecule has 6 nitrogen and oxygen atoms in total. The minimum Gasteiger partial charge on any atom is -0.462 e. The van der Waals surface area contributed by atoms with Gasteiger partial charge in [0.15, 0.2) is 0 Å². The summed E-state index contributed by atoms with van der Waals surface area (Å²) in [6.45, 7) is 5.73. The number of hydrogen-bond donors (Lipinski definition) is 2. The van der Waals surface area contributed by atoms with Gasteiger partial charge in [-0.2, -0.15) is 0 Å². The van der Waals surface area contributed by atoms with Crippen molar-refractivity contribution in [3.63, 3.8) is 0 Å². The van der Waals surface area contributed by atoms with E-state index in [0.29, 0.717) is 17.0 Å². The van der Waals surface area contributed by atoms with E-state index < -0.39 is 11.9 Å². The van der Waals surface area contributed by atoms with Gasteiger partial charge in [-0.25, -0.2) is 4.79 Å². The lowest BCUT2D eigenvalue weighted by Crippen LogP contribution is -2.14. The van der Waals surface area contributed by atoms with E-state index >= 15 is 0 Å². The van der Waals surface area contributed by atoms with Crippen LogP contribution in [0.15, 0.2) is 0 Å². The minimum absolute atomic E-state index is 0.165. The van der Waals surface area contributed by atoms with Gasteiger partial charge in [0.25, 0.3) is 5.91 Å². The normalized spacial score (nSPS) is 10.6. The number of carbonyl (C=O) groups is 3. The number of carbonyl (C=O) groups excluding carboxylic acids is 3. The van der Waals surface area contributed by atoms with Crippen LogP contribution in [0.2, 0.25) is 0 Å². The quantitative estimate of drug-likeness (QED) is 0.413. The lowest BCUT2D eigenvalue weighted by Gasteiger charge is -2.07. The molecule has 0 saturated heterocycles. The van der Waals surface area contributed by atoms with E-state index in [4.69, 9.17) is 10.5 Å². The molecule has 1 aromatic heterocycles.